The van der Waals surface area contributed by atoms with Crippen LogP contribution in [-0.2, 0) is 4.79 Å². The van der Waals surface area contributed by atoms with Crippen LogP contribution >= 0.6 is 0 Å². The lowest BCUT2D eigenvalue weighted by Crippen LogP contribution is -2.50. The number of benzene rings is 1. The molecule has 1 N–H and O–H groups in total. The quantitative estimate of drug-likeness (QED) is 0.902. The molecule has 1 saturated heterocycles. The number of nitrogens with zero attached hydrogens (tertiary/aromatic N) is 2. The average Bonchev–Trinajstić information content (AvgIpc) is 2.48. The molecular weight excluding hydrogens is 262 g/mol. The van der Waals surface area contributed by atoms with Gasteiger partial charge < -0.3 is 10.2 Å². The summed E-state index contributed by atoms with van der Waals surface area (Å²) in [4.78, 5) is 16.9. The van der Waals surface area contributed by atoms with E-state index in [9.17, 15) is 4.79 Å². The van der Waals surface area contributed by atoms with E-state index in [-0.39, 0.29) is 11.9 Å². The van der Waals surface area contributed by atoms with Gasteiger partial charge >= 0.3 is 0 Å². The molecule has 0 aliphatic carbocycles. The van der Waals surface area contributed by atoms with Crippen molar-refractivity contribution in [2.75, 3.05) is 31.6 Å². The molecule has 1 atom stereocenters. The molecule has 1 aromatic rings. The Bertz CT molecular complexity index is 447. The molecule has 1 heterocycles. The molecule has 1 aliphatic heterocycles. The van der Waals surface area contributed by atoms with Crippen LogP contribution in [-0.4, -0.2) is 49.6 Å². The first-order valence-corrected chi connectivity index (χ1v) is 7.88. The number of carbonyl (C=O) groups is 1. The third kappa shape index (κ3) is 4.29. The van der Waals surface area contributed by atoms with Gasteiger partial charge in [-0.1, -0.05) is 18.2 Å². The Hall–Kier alpha value is -1.39. The van der Waals surface area contributed by atoms with Crippen LogP contribution in [0.15, 0.2) is 30.3 Å². The number of likely N-dealkylation sites (N-methyl/N-ethyl adjacent to an activating group) is 1. The number of piperidine rings is 1. The highest BCUT2D eigenvalue weighted by atomic mass is 16.2. The van der Waals surface area contributed by atoms with Crippen molar-refractivity contribution in [2.45, 2.75) is 38.8 Å². The zero-order valence-corrected chi connectivity index (χ0v) is 13.4. The number of anilines is 1. The smallest absolute Gasteiger partial charge is 0.241 e. The van der Waals surface area contributed by atoms with Gasteiger partial charge in [0.15, 0.2) is 0 Å². The molecule has 21 heavy (non-hydrogen) atoms. The molecule has 0 saturated carbocycles. The lowest BCUT2D eigenvalue weighted by Gasteiger charge is -2.34. The standard InChI is InChI=1S/C17H27N3O/c1-14(2)20(16-9-5-4-6-10-16)17(21)13-19-11-7-8-15(12-19)18-3/h4-6,9-10,14-15,18H,7-8,11-13H2,1-3H3. The van der Waals surface area contributed by atoms with E-state index in [0.717, 1.165) is 25.2 Å². The maximum Gasteiger partial charge on any atom is 0.241 e. The highest BCUT2D eigenvalue weighted by Crippen LogP contribution is 2.18. The van der Waals surface area contributed by atoms with Crippen molar-refractivity contribution in [3.63, 3.8) is 0 Å². The van der Waals surface area contributed by atoms with Gasteiger partial charge in [0.1, 0.15) is 0 Å². The van der Waals surface area contributed by atoms with Crippen LogP contribution in [0.4, 0.5) is 5.69 Å². The molecule has 1 fully saturated rings. The van der Waals surface area contributed by atoms with Gasteiger partial charge in [-0.2, -0.15) is 0 Å². The topological polar surface area (TPSA) is 35.6 Å². The molecule has 0 bridgehead atoms. The molecule has 1 amide bonds. The largest absolute Gasteiger partial charge is 0.316 e. The molecule has 0 radical (unpaired) electrons. The second-order valence-corrected chi connectivity index (χ2v) is 6.06. The predicted octanol–water partition coefficient (Wildman–Crippen LogP) is 2.11. The molecule has 1 aliphatic rings. The summed E-state index contributed by atoms with van der Waals surface area (Å²) in [7, 11) is 2.00. The zero-order valence-electron chi connectivity index (χ0n) is 13.4. The predicted molar refractivity (Wildman–Crippen MR) is 87.6 cm³/mol. The van der Waals surface area contributed by atoms with Crippen molar-refractivity contribution in [3.8, 4) is 0 Å². The Morgan fingerprint density at radius 1 is 1.38 bits per heavy atom. The van der Waals surface area contributed by atoms with Gasteiger partial charge in [-0.15, -0.1) is 0 Å². The lowest BCUT2D eigenvalue weighted by atomic mass is 10.1. The number of likely N-dealkylation sites (tertiary alicyclic amines) is 1. The Labute approximate surface area is 128 Å². The van der Waals surface area contributed by atoms with E-state index < -0.39 is 0 Å². The van der Waals surface area contributed by atoms with Crippen LogP contribution < -0.4 is 10.2 Å². The van der Waals surface area contributed by atoms with Gasteiger partial charge in [-0.05, 0) is 52.4 Å². The molecule has 4 nitrogen and oxygen atoms in total. The monoisotopic (exact) mass is 289 g/mol. The van der Waals surface area contributed by atoms with E-state index in [1.54, 1.807) is 0 Å². The summed E-state index contributed by atoms with van der Waals surface area (Å²) in [5.41, 5.74) is 0.986. The average molecular weight is 289 g/mol. The van der Waals surface area contributed by atoms with Crippen molar-refractivity contribution >= 4 is 11.6 Å². The number of amides is 1. The highest BCUT2D eigenvalue weighted by Gasteiger charge is 2.24. The van der Waals surface area contributed by atoms with E-state index >= 15 is 0 Å². The summed E-state index contributed by atoms with van der Waals surface area (Å²) in [6.07, 6.45) is 2.36. The minimum absolute atomic E-state index is 0.171. The van der Waals surface area contributed by atoms with Crippen LogP contribution in [0.25, 0.3) is 0 Å². The van der Waals surface area contributed by atoms with E-state index in [1.165, 1.54) is 6.42 Å². The van der Waals surface area contributed by atoms with Crippen molar-refractivity contribution in [1.29, 1.82) is 0 Å². The van der Waals surface area contributed by atoms with E-state index in [0.29, 0.717) is 12.6 Å². The maximum atomic E-state index is 12.7. The van der Waals surface area contributed by atoms with Gasteiger partial charge in [0.25, 0.3) is 0 Å². The second-order valence-electron chi connectivity index (χ2n) is 6.06. The van der Waals surface area contributed by atoms with Crippen LogP contribution in [0.1, 0.15) is 26.7 Å². The third-order valence-electron chi connectivity index (χ3n) is 4.09. The first-order chi connectivity index (χ1) is 10.1. The van der Waals surface area contributed by atoms with Gasteiger partial charge in [-0.3, -0.25) is 9.69 Å². The molecule has 1 aromatic carbocycles. The molecule has 1 unspecified atom stereocenters. The summed E-state index contributed by atoms with van der Waals surface area (Å²) >= 11 is 0. The summed E-state index contributed by atoms with van der Waals surface area (Å²) in [6.45, 7) is 6.62. The number of hydrogen-bond acceptors (Lipinski definition) is 3. The summed E-state index contributed by atoms with van der Waals surface area (Å²) < 4.78 is 0. The maximum absolute atomic E-state index is 12.7. The van der Waals surface area contributed by atoms with Crippen LogP contribution in [0.5, 0.6) is 0 Å². The van der Waals surface area contributed by atoms with Crippen LogP contribution in [0.3, 0.4) is 0 Å². The zero-order chi connectivity index (χ0) is 15.2. The van der Waals surface area contributed by atoms with Crippen LogP contribution in [0.2, 0.25) is 0 Å². The SMILES string of the molecule is CNC1CCCN(CC(=O)N(c2ccccc2)C(C)C)C1. The Morgan fingerprint density at radius 3 is 2.71 bits per heavy atom. The van der Waals surface area contributed by atoms with Gasteiger partial charge in [-0.25, -0.2) is 0 Å². The van der Waals surface area contributed by atoms with Crippen molar-refractivity contribution in [1.82, 2.24) is 10.2 Å². The molecule has 2 rings (SSSR count). The van der Waals surface area contributed by atoms with Gasteiger partial charge in [0.05, 0.1) is 6.54 Å². The summed E-state index contributed by atoms with van der Waals surface area (Å²) in [6, 6.07) is 10.6. The number of para-hydroxylation sites is 1. The Morgan fingerprint density at radius 2 is 2.10 bits per heavy atom. The number of rotatable bonds is 5. The van der Waals surface area contributed by atoms with E-state index in [1.807, 2.05) is 42.3 Å². The Kier molecular flexibility index (Phi) is 5.76. The van der Waals surface area contributed by atoms with E-state index in [2.05, 4.69) is 24.1 Å². The van der Waals surface area contributed by atoms with Crippen LogP contribution in [0, 0.1) is 0 Å². The fourth-order valence-corrected chi connectivity index (χ4v) is 3.02. The highest BCUT2D eigenvalue weighted by molar-refractivity contribution is 5.95. The molecule has 116 valence electrons. The second kappa shape index (κ2) is 7.57. The van der Waals surface area contributed by atoms with Crippen molar-refractivity contribution in [2.24, 2.45) is 0 Å². The lowest BCUT2D eigenvalue weighted by molar-refractivity contribution is -0.120. The summed E-state index contributed by atoms with van der Waals surface area (Å²) in [5, 5.41) is 3.32. The number of carbonyl (C=O) groups excluding carboxylic acids is 1. The minimum atomic E-state index is 0.171. The number of nitrogens with one attached hydrogen (secondary N) is 1. The van der Waals surface area contributed by atoms with E-state index in [4.69, 9.17) is 0 Å². The number of hydrogen-bond donors (Lipinski definition) is 1. The third-order valence-corrected chi connectivity index (χ3v) is 4.09. The molecular formula is C17H27N3O. The first-order valence-electron chi connectivity index (χ1n) is 7.88. The molecule has 0 aromatic heterocycles. The van der Waals surface area contributed by atoms with Crippen molar-refractivity contribution in [3.05, 3.63) is 30.3 Å². The first kappa shape index (κ1) is 16.0. The molecule has 4 heteroatoms. The normalized spacial score (nSPS) is 19.7. The van der Waals surface area contributed by atoms with Crippen molar-refractivity contribution < 1.29 is 4.79 Å². The summed E-state index contributed by atoms with van der Waals surface area (Å²) in [5.74, 6) is 0.188. The fourth-order valence-electron chi connectivity index (χ4n) is 3.02. The Balaban J connectivity index is 2.02. The minimum Gasteiger partial charge on any atom is -0.316 e. The van der Waals surface area contributed by atoms with Gasteiger partial charge in [0.2, 0.25) is 5.91 Å². The van der Waals surface area contributed by atoms with Gasteiger partial charge in [0, 0.05) is 24.3 Å². The molecule has 0 spiro atoms. The fraction of sp³-hybridized carbons (Fsp3) is 0.588.